The predicted molar refractivity (Wildman–Crippen MR) is 374 cm³/mol. The van der Waals surface area contributed by atoms with Crippen LogP contribution in [0.5, 0.6) is 0 Å². The van der Waals surface area contributed by atoms with Crippen molar-refractivity contribution >= 4 is 41.3 Å². The zero-order chi connectivity index (χ0) is 73.5. The van der Waals surface area contributed by atoms with Crippen molar-refractivity contribution in [3.63, 3.8) is 0 Å². The van der Waals surface area contributed by atoms with Gasteiger partial charge in [-0.1, -0.05) is 51.2 Å². The van der Waals surface area contributed by atoms with Crippen molar-refractivity contribution < 1.29 is 100 Å². The predicted octanol–water partition coefficient (Wildman–Crippen LogP) is 6.36. The summed E-state index contributed by atoms with van der Waals surface area (Å²) in [7, 11) is 3.20. The molecule has 19 atom stereocenters. The zero-order valence-electron chi connectivity index (χ0n) is 60.8. The number of primary amides is 1. The number of ketones is 1. The lowest BCUT2D eigenvalue weighted by molar-refractivity contribution is -0.202. The van der Waals surface area contributed by atoms with Crippen LogP contribution in [0.3, 0.4) is 0 Å². The van der Waals surface area contributed by atoms with Crippen molar-refractivity contribution in [2.45, 2.75) is 241 Å². The quantitative estimate of drug-likeness (QED) is 0.0123. The van der Waals surface area contributed by atoms with E-state index in [-0.39, 0.29) is 170 Å². The number of benzene rings is 1. The van der Waals surface area contributed by atoms with Crippen LogP contribution in [0, 0.1) is 17.8 Å². The summed E-state index contributed by atoms with van der Waals surface area (Å²) in [6.07, 6.45) is 3.56. The van der Waals surface area contributed by atoms with Crippen LogP contribution in [-0.4, -0.2) is 244 Å². The number of azide groups is 1. The van der Waals surface area contributed by atoms with Crippen molar-refractivity contribution in [2.75, 3.05) is 105 Å². The monoisotopic (exact) mass is 1440 g/mol. The first-order valence-electron chi connectivity index (χ1n) is 36.5. The first kappa shape index (κ1) is 83.3. The van der Waals surface area contributed by atoms with Gasteiger partial charge in [-0.25, -0.2) is 9.59 Å². The number of aliphatic hydroxyl groups excluding tert-OH is 1. The molecule has 0 radical (unpaired) electrons. The lowest BCUT2D eigenvalue weighted by Gasteiger charge is -2.41. The van der Waals surface area contributed by atoms with E-state index in [9.17, 15) is 33.9 Å². The van der Waals surface area contributed by atoms with Gasteiger partial charge >= 0.3 is 12.1 Å². The van der Waals surface area contributed by atoms with E-state index < -0.39 is 72.4 Å². The Morgan fingerprint density at radius 1 is 0.735 bits per heavy atom. The summed E-state index contributed by atoms with van der Waals surface area (Å²) in [5.74, 6) is -1.76. The minimum absolute atomic E-state index is 0.00113. The van der Waals surface area contributed by atoms with Gasteiger partial charge in [-0.3, -0.25) is 19.2 Å². The van der Waals surface area contributed by atoms with Gasteiger partial charge in [0.25, 0.3) is 0 Å². The highest BCUT2D eigenvalue weighted by molar-refractivity contribution is 5.98. The molecule has 0 saturated carbocycles. The molecule has 0 aliphatic carbocycles. The molecular formula is C72H115N9O21. The van der Waals surface area contributed by atoms with Gasteiger partial charge in [-0.05, 0) is 124 Å². The molecule has 0 bridgehead atoms. The highest BCUT2D eigenvalue weighted by Crippen LogP contribution is 2.39. The van der Waals surface area contributed by atoms with Gasteiger partial charge in [0.2, 0.25) is 17.7 Å². The topological polar surface area (TPSA) is 387 Å². The highest BCUT2D eigenvalue weighted by Gasteiger charge is 2.48. The van der Waals surface area contributed by atoms with E-state index >= 15 is 0 Å². The molecule has 6 aliphatic rings. The standard InChI is InChI=1S/C72H115N9O21/c1-43(2)65(80-64(84)22-25-91-27-29-93-31-32-94-30-28-92-26-24-77-81-74)70(86)79-58(11-10-23-75-71(73)87)69(85)78-51-14-12-49(13-15-51)40-97-72(88)76-39-53(83)37-62-67(90-9)50(41-95-62)35-52(82)36-56-19-21-60-68(102-56)66(89-8)48(7)99-61-38-57(101-63(61)42-96-60)17-16-55-34-45(4)59(100-55)20-18-54-33-44(3)46(5)47(6)98-54/h12-15,43-44,47-48,50,53-63,65-68,83H,4-5,10-11,16-42H2,1-3,6-9H3,(H,76,88)(H,78,85)(H,79,86)(H,80,84)(H3,73,75,87)/t44-,47-,48?,50?,53?,54?,55?,56?,57?,58+,59?,60?,61-,62-,63?,65+,66?,67-,68+/m1/s1. The number of hydrogen-bond donors (Lipinski definition) is 7. The number of alkyl carbamates (subject to hydrolysis) is 1. The van der Waals surface area contributed by atoms with Crippen molar-refractivity contribution in [3.8, 4) is 0 Å². The molecule has 0 aromatic heterocycles. The summed E-state index contributed by atoms with van der Waals surface area (Å²) >= 11 is 0. The number of rotatable bonds is 43. The average molecular weight is 1440 g/mol. The number of carbonyl (C=O) groups is 6. The third-order valence-corrected chi connectivity index (χ3v) is 19.7. The van der Waals surface area contributed by atoms with Crippen LogP contribution in [0.2, 0.25) is 0 Å². The number of nitrogens with zero attached hydrogens (tertiary/aromatic N) is 3. The number of hydrogen-bond acceptors (Lipinski definition) is 22. The Morgan fingerprint density at radius 3 is 2.11 bits per heavy atom. The molecule has 6 fully saturated rings. The summed E-state index contributed by atoms with van der Waals surface area (Å²) < 4.78 is 84.6. The van der Waals surface area contributed by atoms with E-state index in [0.29, 0.717) is 69.7 Å². The Labute approximate surface area is 600 Å². The Bertz CT molecular complexity index is 2820. The SMILES string of the molecule is C=C1CC(CCC2C[C@H]3OC(C)C(OC)[C@H]4OC(CC(=O)CC5CO[C@H](CC(O)CNC(=O)OCc6ccc(NC(=O)[C@H](CCCNC(N)=O)NC(=O)[C@@H](NC(=O)CCOCCOCCOCCOCCN=[N+]=[N-])C(C)C)cc6)[C@@H]5OC)CCC4OCC3O2)OC1CCC1C[C@@H](C)C(=C)[C@@H](C)O1. The lowest BCUT2D eigenvalue weighted by Crippen LogP contribution is -2.54. The van der Waals surface area contributed by atoms with Gasteiger partial charge in [0.05, 0.1) is 139 Å². The van der Waals surface area contributed by atoms with Gasteiger partial charge in [-0.15, -0.1) is 0 Å². The van der Waals surface area contributed by atoms with Crippen molar-refractivity contribution in [1.82, 2.24) is 21.3 Å². The summed E-state index contributed by atoms with van der Waals surface area (Å²) in [4.78, 5) is 81.0. The maximum atomic E-state index is 13.8. The number of nitrogens with two attached hydrogens (primary N) is 1. The minimum Gasteiger partial charge on any atom is -0.445 e. The van der Waals surface area contributed by atoms with E-state index in [1.54, 1.807) is 52.3 Å². The number of urea groups is 1. The summed E-state index contributed by atoms with van der Waals surface area (Å²) in [6.45, 7) is 21.4. The lowest BCUT2D eigenvalue weighted by atomic mass is 9.87. The smallest absolute Gasteiger partial charge is 0.407 e. The van der Waals surface area contributed by atoms with Gasteiger partial charge in [0.1, 0.15) is 42.8 Å². The number of ether oxygens (including phenoxy) is 14. The summed E-state index contributed by atoms with van der Waals surface area (Å²) in [6, 6.07) is 3.67. The van der Waals surface area contributed by atoms with Gasteiger partial charge in [0, 0.05) is 82.5 Å². The third kappa shape index (κ3) is 27.8. The molecular weight excluding hydrogens is 1330 g/mol. The Balaban J connectivity index is 0.766. The normalized spacial score (nSPS) is 28.8. The van der Waals surface area contributed by atoms with Crippen LogP contribution in [-0.2, 0) is 92.1 Å². The van der Waals surface area contributed by atoms with Crippen molar-refractivity contribution in [2.24, 2.45) is 28.6 Å². The molecule has 30 nitrogen and oxygen atoms in total. The fourth-order valence-corrected chi connectivity index (χ4v) is 14.1. The highest BCUT2D eigenvalue weighted by atomic mass is 16.6. The molecule has 11 unspecified atom stereocenters. The molecule has 7 rings (SSSR count). The van der Waals surface area contributed by atoms with Crippen LogP contribution in [0.15, 0.2) is 53.7 Å². The average Bonchev–Trinajstić information content (AvgIpc) is 1.52. The number of methoxy groups -OCH3 is 2. The molecule has 1 aromatic rings. The number of anilines is 1. The largest absolute Gasteiger partial charge is 0.445 e. The van der Waals surface area contributed by atoms with E-state index in [0.717, 1.165) is 50.5 Å². The Morgan fingerprint density at radius 2 is 1.42 bits per heavy atom. The number of nitrogens with one attached hydrogen (secondary N) is 5. The van der Waals surface area contributed by atoms with Crippen molar-refractivity contribution in [1.29, 1.82) is 0 Å². The molecule has 8 N–H and O–H groups in total. The van der Waals surface area contributed by atoms with Crippen LogP contribution >= 0.6 is 0 Å². The van der Waals surface area contributed by atoms with Gasteiger partial charge in [0.15, 0.2) is 0 Å². The number of Topliss-reactive ketones (excluding diaryl/α,β-unsaturated/α-hetero) is 1. The number of aliphatic hydroxyl groups is 1. The fourth-order valence-electron chi connectivity index (χ4n) is 14.1. The van der Waals surface area contributed by atoms with E-state index in [1.165, 1.54) is 5.57 Å². The van der Waals surface area contributed by atoms with Gasteiger partial charge < -0.3 is 104 Å². The second kappa shape index (κ2) is 44.1. The fraction of sp³-hybridized carbons (Fsp3) is 0.778. The maximum absolute atomic E-state index is 13.8. The molecule has 6 amide bonds. The van der Waals surface area contributed by atoms with Crippen molar-refractivity contribution in [3.05, 3.63) is 64.6 Å². The van der Waals surface area contributed by atoms with Crippen LogP contribution in [0.25, 0.3) is 10.4 Å². The minimum atomic E-state index is -1.08. The van der Waals surface area contributed by atoms with Crippen LogP contribution < -0.4 is 32.3 Å². The first-order valence-corrected chi connectivity index (χ1v) is 36.5. The molecule has 1 aromatic carbocycles. The Hall–Kier alpha value is -5.93. The number of carbonyl (C=O) groups excluding carboxylic acids is 6. The van der Waals surface area contributed by atoms with E-state index in [4.69, 9.17) is 77.6 Å². The first-order chi connectivity index (χ1) is 49.1. The molecule has 0 spiro atoms. The molecule has 6 heterocycles. The zero-order valence-corrected chi connectivity index (χ0v) is 60.8. The van der Waals surface area contributed by atoms with Crippen LogP contribution in [0.4, 0.5) is 15.3 Å². The van der Waals surface area contributed by atoms with Crippen LogP contribution in [0.1, 0.15) is 136 Å². The second-order valence-corrected chi connectivity index (χ2v) is 27.9. The molecule has 30 heteroatoms. The summed E-state index contributed by atoms with van der Waals surface area (Å²) in [5.41, 5.74) is 16.8. The number of fused-ring (bicyclic) bond motifs is 2. The second-order valence-electron chi connectivity index (χ2n) is 27.9. The van der Waals surface area contributed by atoms with E-state index in [2.05, 4.69) is 63.6 Å². The summed E-state index contributed by atoms with van der Waals surface area (Å²) in [5, 5.41) is 27.8. The molecule has 102 heavy (non-hydrogen) atoms. The molecule has 6 aliphatic heterocycles. The molecule has 6 saturated heterocycles. The molecule has 574 valence electrons. The van der Waals surface area contributed by atoms with Gasteiger partial charge in [-0.2, -0.15) is 0 Å². The van der Waals surface area contributed by atoms with E-state index in [1.807, 2.05) is 6.92 Å². The number of amides is 6. The maximum Gasteiger partial charge on any atom is 0.407 e. The third-order valence-electron chi connectivity index (χ3n) is 19.7. The Kier molecular flexibility index (Phi) is 36.1.